The third-order valence-electron chi connectivity index (χ3n) is 3.12. The van der Waals surface area contributed by atoms with Crippen LogP contribution in [0.4, 0.5) is 11.4 Å². The van der Waals surface area contributed by atoms with Crippen molar-refractivity contribution < 1.29 is 5.11 Å². The van der Waals surface area contributed by atoms with Gasteiger partial charge in [0.2, 0.25) is 0 Å². The van der Waals surface area contributed by atoms with Gasteiger partial charge in [-0.3, -0.25) is 5.01 Å². The number of hydrogen-bond acceptors (Lipinski definition) is 5. The van der Waals surface area contributed by atoms with Gasteiger partial charge in [0, 0.05) is 5.69 Å². The lowest BCUT2D eigenvalue weighted by atomic mass is 10.2. The van der Waals surface area contributed by atoms with Gasteiger partial charge in [0.1, 0.15) is 18.4 Å². The minimum atomic E-state index is 0.244. The fourth-order valence-corrected chi connectivity index (χ4v) is 2.10. The molecule has 0 bridgehead atoms. The molecule has 0 amide bonds. The first-order valence-electron chi connectivity index (χ1n) is 6.48. The monoisotopic (exact) mass is 281 g/mol. The largest absolute Gasteiger partial charge is 0.508 e. The van der Waals surface area contributed by atoms with Gasteiger partial charge in [0.15, 0.2) is 0 Å². The first kappa shape index (κ1) is 13.0. The van der Waals surface area contributed by atoms with E-state index in [9.17, 15) is 5.11 Å². The Balaban J connectivity index is 1.95. The normalized spacial score (nSPS) is 10.5. The van der Waals surface area contributed by atoms with E-state index in [-0.39, 0.29) is 5.75 Å². The van der Waals surface area contributed by atoms with E-state index >= 15 is 0 Å². The molecule has 1 aromatic heterocycles. The molecule has 0 atom stereocenters. The van der Waals surface area contributed by atoms with Crippen molar-refractivity contribution in [3.63, 3.8) is 0 Å². The number of phenolic OH excluding ortho intramolecular Hbond substituents is 1. The molecule has 0 aliphatic heterocycles. The summed E-state index contributed by atoms with van der Waals surface area (Å²) in [6.45, 7) is 0.566. The van der Waals surface area contributed by atoms with Crippen LogP contribution in [-0.2, 0) is 6.54 Å². The van der Waals surface area contributed by atoms with Crippen LogP contribution >= 0.6 is 0 Å². The number of anilines is 2. The van der Waals surface area contributed by atoms with E-state index in [2.05, 4.69) is 10.2 Å². The zero-order valence-electron chi connectivity index (χ0n) is 11.3. The Bertz CT molecular complexity index is 709. The highest BCUT2D eigenvalue weighted by Crippen LogP contribution is 2.21. The number of nitrogens with two attached hydrogens (primary N) is 1. The fourth-order valence-electron chi connectivity index (χ4n) is 2.10. The van der Waals surface area contributed by atoms with Gasteiger partial charge in [-0.2, -0.15) is 0 Å². The molecular weight excluding hydrogens is 266 g/mol. The molecule has 0 aliphatic carbocycles. The van der Waals surface area contributed by atoms with E-state index < -0.39 is 0 Å². The van der Waals surface area contributed by atoms with Gasteiger partial charge in [-0.05, 0) is 42.0 Å². The quantitative estimate of drug-likeness (QED) is 0.715. The number of nitrogen functional groups attached to an aromatic ring is 1. The lowest BCUT2D eigenvalue weighted by molar-refractivity contribution is 0.474. The lowest BCUT2D eigenvalue weighted by Crippen LogP contribution is -2.27. The first-order valence-corrected chi connectivity index (χ1v) is 6.48. The highest BCUT2D eigenvalue weighted by molar-refractivity contribution is 5.53. The number of rotatable bonds is 4. The third-order valence-corrected chi connectivity index (χ3v) is 3.12. The highest BCUT2D eigenvalue weighted by Gasteiger charge is 2.10. The van der Waals surface area contributed by atoms with Crippen LogP contribution in [-0.4, -0.2) is 20.0 Å². The zero-order valence-corrected chi connectivity index (χ0v) is 11.3. The highest BCUT2D eigenvalue weighted by atomic mass is 16.3. The van der Waals surface area contributed by atoms with Gasteiger partial charge in [-0.15, -0.1) is 10.2 Å². The summed E-state index contributed by atoms with van der Waals surface area (Å²) in [5.74, 6) is 0.244. The number of hydrogen-bond donors (Lipinski definition) is 2. The molecule has 2 aromatic carbocycles. The van der Waals surface area contributed by atoms with Crippen LogP contribution in [0.3, 0.4) is 0 Å². The Kier molecular flexibility index (Phi) is 3.42. The summed E-state index contributed by atoms with van der Waals surface area (Å²) in [6, 6.07) is 14.7. The van der Waals surface area contributed by atoms with Crippen molar-refractivity contribution in [3.05, 3.63) is 66.7 Å². The average molecular weight is 281 g/mol. The van der Waals surface area contributed by atoms with Gasteiger partial charge in [0.25, 0.3) is 0 Å². The molecule has 6 nitrogen and oxygen atoms in total. The van der Waals surface area contributed by atoms with Gasteiger partial charge < -0.3 is 10.8 Å². The zero-order chi connectivity index (χ0) is 14.7. The van der Waals surface area contributed by atoms with E-state index in [1.54, 1.807) is 29.5 Å². The second-order valence-electron chi connectivity index (χ2n) is 4.66. The Morgan fingerprint density at radius 3 is 2.43 bits per heavy atom. The lowest BCUT2D eigenvalue weighted by Gasteiger charge is -2.25. The van der Waals surface area contributed by atoms with Crippen molar-refractivity contribution in [1.82, 2.24) is 14.9 Å². The Morgan fingerprint density at radius 2 is 1.76 bits per heavy atom. The molecule has 0 fully saturated rings. The van der Waals surface area contributed by atoms with Crippen LogP contribution < -0.4 is 10.7 Å². The number of phenols is 1. The van der Waals surface area contributed by atoms with Crippen molar-refractivity contribution in [2.45, 2.75) is 6.54 Å². The van der Waals surface area contributed by atoms with Gasteiger partial charge in [-0.1, -0.05) is 12.1 Å². The van der Waals surface area contributed by atoms with Crippen molar-refractivity contribution in [3.8, 4) is 5.75 Å². The summed E-state index contributed by atoms with van der Waals surface area (Å²) < 4.78 is 1.79. The van der Waals surface area contributed by atoms with Crippen LogP contribution in [0.5, 0.6) is 5.75 Å². The molecule has 0 unspecified atom stereocenters. The van der Waals surface area contributed by atoms with Crippen LogP contribution in [0.2, 0.25) is 0 Å². The van der Waals surface area contributed by atoms with Gasteiger partial charge in [0.05, 0.1) is 12.2 Å². The topological polar surface area (TPSA) is 80.2 Å². The summed E-state index contributed by atoms with van der Waals surface area (Å²) >= 11 is 0. The van der Waals surface area contributed by atoms with Crippen LogP contribution in [0.25, 0.3) is 0 Å². The molecule has 106 valence electrons. The maximum Gasteiger partial charge on any atom is 0.139 e. The van der Waals surface area contributed by atoms with Crippen LogP contribution in [0, 0.1) is 0 Å². The molecule has 3 N–H and O–H groups in total. The van der Waals surface area contributed by atoms with E-state index in [1.807, 2.05) is 41.4 Å². The van der Waals surface area contributed by atoms with Crippen LogP contribution in [0.15, 0.2) is 61.2 Å². The molecule has 0 aliphatic rings. The molecular formula is C15H15N5O. The molecule has 3 rings (SSSR count). The summed E-state index contributed by atoms with van der Waals surface area (Å²) in [5.41, 5.74) is 8.37. The van der Waals surface area contributed by atoms with E-state index in [4.69, 9.17) is 5.73 Å². The fraction of sp³-hybridized carbons (Fsp3) is 0.0667. The Labute approximate surface area is 122 Å². The minimum absolute atomic E-state index is 0.244. The predicted octanol–water partition coefficient (Wildman–Crippen LogP) is 2.04. The number of benzene rings is 2. The number of aromatic nitrogens is 3. The molecule has 1 heterocycles. The van der Waals surface area contributed by atoms with Gasteiger partial charge >= 0.3 is 0 Å². The standard InChI is InChI=1S/C15H15N5O/c16-13-4-6-14(7-5-13)20(19-10-17-18-11-19)9-12-2-1-3-15(21)8-12/h1-8,10-11,21H,9,16H2. The summed E-state index contributed by atoms with van der Waals surface area (Å²) in [6.07, 6.45) is 3.25. The molecule has 0 radical (unpaired) electrons. The van der Waals surface area contributed by atoms with Crippen LogP contribution in [0.1, 0.15) is 5.56 Å². The number of nitrogens with zero attached hydrogens (tertiary/aromatic N) is 4. The third kappa shape index (κ3) is 2.94. The van der Waals surface area contributed by atoms with Crippen molar-refractivity contribution in [1.29, 1.82) is 0 Å². The van der Waals surface area contributed by atoms with E-state index in [1.165, 1.54) is 0 Å². The summed E-state index contributed by atoms with van der Waals surface area (Å²) in [5, 5.41) is 19.3. The molecule has 6 heteroatoms. The summed E-state index contributed by atoms with van der Waals surface area (Å²) in [4.78, 5) is 0. The second kappa shape index (κ2) is 5.54. The van der Waals surface area contributed by atoms with E-state index in [0.717, 1.165) is 11.3 Å². The van der Waals surface area contributed by atoms with Crippen molar-refractivity contribution in [2.24, 2.45) is 0 Å². The molecule has 0 saturated heterocycles. The average Bonchev–Trinajstić information content (AvgIpc) is 3.00. The predicted molar refractivity (Wildman–Crippen MR) is 80.6 cm³/mol. The SMILES string of the molecule is Nc1ccc(N(Cc2cccc(O)c2)n2cnnc2)cc1. The maximum absolute atomic E-state index is 9.60. The first-order chi connectivity index (χ1) is 10.2. The van der Waals surface area contributed by atoms with Crippen molar-refractivity contribution in [2.75, 3.05) is 10.7 Å². The molecule has 21 heavy (non-hydrogen) atoms. The second-order valence-corrected chi connectivity index (χ2v) is 4.66. The Hall–Kier alpha value is -3.02. The molecule has 3 aromatic rings. The Morgan fingerprint density at radius 1 is 1.05 bits per heavy atom. The smallest absolute Gasteiger partial charge is 0.139 e. The van der Waals surface area contributed by atoms with Gasteiger partial charge in [-0.25, -0.2) is 4.68 Å². The van der Waals surface area contributed by atoms with E-state index in [0.29, 0.717) is 12.2 Å². The minimum Gasteiger partial charge on any atom is -0.508 e. The maximum atomic E-state index is 9.60. The molecule has 0 spiro atoms. The van der Waals surface area contributed by atoms with Crippen molar-refractivity contribution >= 4 is 11.4 Å². The number of aromatic hydroxyl groups is 1. The summed E-state index contributed by atoms with van der Waals surface area (Å²) in [7, 11) is 0. The molecule has 0 saturated carbocycles.